The fraction of sp³-hybridized carbons (Fsp3) is 0.379. The number of thiazole rings is 1. The van der Waals surface area contributed by atoms with Crippen molar-refractivity contribution in [2.75, 3.05) is 0 Å². The number of non-ortho nitro benzene ring substituents is 1. The number of amides is 1. The van der Waals surface area contributed by atoms with Gasteiger partial charge in [-0.15, -0.1) is 11.3 Å². The van der Waals surface area contributed by atoms with Gasteiger partial charge in [-0.1, -0.05) is 18.7 Å². The number of halogens is 1. The van der Waals surface area contributed by atoms with Crippen LogP contribution in [0.15, 0.2) is 69.1 Å². The third kappa shape index (κ3) is 7.03. The number of nitro benzene ring substituents is 1. The zero-order chi connectivity index (χ0) is 30.3. The number of esters is 1. The van der Waals surface area contributed by atoms with Crippen molar-refractivity contribution < 1.29 is 52.2 Å². The van der Waals surface area contributed by atoms with Gasteiger partial charge < -0.3 is 38.0 Å². The van der Waals surface area contributed by atoms with Crippen LogP contribution in [0.5, 0.6) is 0 Å². The fourth-order valence-electron chi connectivity index (χ4n) is 5.47. The number of carbonyl (C=O) groups is 2. The van der Waals surface area contributed by atoms with E-state index in [-0.39, 0.29) is 71.9 Å². The first-order valence-corrected chi connectivity index (χ1v) is 18.7. The van der Waals surface area contributed by atoms with E-state index in [1.165, 1.54) is 35.2 Å². The molecule has 2 aliphatic heterocycles. The molecule has 10 nitrogen and oxygen atoms in total. The van der Waals surface area contributed by atoms with Gasteiger partial charge in [-0.3, -0.25) is 14.9 Å². The number of pyridine rings is 1. The van der Waals surface area contributed by atoms with Crippen LogP contribution in [0.3, 0.4) is 0 Å². The summed E-state index contributed by atoms with van der Waals surface area (Å²) in [7, 11) is 0.0479. The Kier molecular flexibility index (Phi) is 10.2. The normalized spacial score (nSPS) is 20.3. The van der Waals surface area contributed by atoms with Crippen molar-refractivity contribution in [1.82, 2.24) is 9.88 Å². The van der Waals surface area contributed by atoms with Gasteiger partial charge in [-0.05, 0) is 50.3 Å². The van der Waals surface area contributed by atoms with Crippen molar-refractivity contribution in [3.05, 3.63) is 80.5 Å². The number of hydrogen-bond donors (Lipinski definition) is 0. The van der Waals surface area contributed by atoms with Gasteiger partial charge >= 0.3 is 5.97 Å². The summed E-state index contributed by atoms with van der Waals surface area (Å²) in [6, 6.07) is 9.58. The molecule has 2 aliphatic rings. The molecule has 1 amide bonds. The number of aromatic nitrogens is 2. The molecule has 1 unspecified atom stereocenters. The van der Waals surface area contributed by atoms with Gasteiger partial charge in [0.1, 0.15) is 19.4 Å². The first kappa shape index (κ1) is 33.2. The lowest BCUT2D eigenvalue weighted by Gasteiger charge is -2.48. The van der Waals surface area contributed by atoms with E-state index in [1.54, 1.807) is 17.0 Å². The Labute approximate surface area is 276 Å². The van der Waals surface area contributed by atoms with Crippen LogP contribution in [0.4, 0.5) is 5.69 Å². The van der Waals surface area contributed by atoms with Crippen LogP contribution in [0, 0.1) is 22.0 Å². The Balaban J connectivity index is 0.00000423. The average Bonchev–Trinajstić information content (AvgIpc) is 3.48. The molecule has 0 aliphatic carbocycles. The second-order valence-electron chi connectivity index (χ2n) is 11.5. The first-order valence-electron chi connectivity index (χ1n) is 13.6. The highest BCUT2D eigenvalue weighted by molar-refractivity contribution is 8.04. The van der Waals surface area contributed by atoms with E-state index in [0.717, 1.165) is 20.5 Å². The van der Waals surface area contributed by atoms with E-state index in [9.17, 15) is 19.7 Å². The minimum absolute atomic E-state index is 0. The van der Waals surface area contributed by atoms with Crippen LogP contribution in [0.2, 0.25) is 19.6 Å². The topological polar surface area (TPSA) is 116 Å². The standard InChI is InChI=1S/C29H33N4O6S2Si.HI/c1-17-24-23(18(2)39-42(4,5)6)27(34)32(24)25(28(35)38-15-19-9-11-21(12-10-19)33(36)37)26(17)41-29-30-22(16-40-29)20-8-7-13-31(3)14-20;/h7-14,16-18,23-24H,15H2,1-6H3;1H/q+1;/p-1/t17-,18?,23-,24-;/m1./s1. The van der Waals surface area contributed by atoms with Crippen molar-refractivity contribution in [1.29, 1.82) is 0 Å². The highest BCUT2D eigenvalue weighted by atomic mass is 127. The predicted octanol–water partition coefficient (Wildman–Crippen LogP) is 2.31. The number of aryl methyl sites for hydroxylation is 1. The highest BCUT2D eigenvalue weighted by Gasteiger charge is 2.61. The highest BCUT2D eigenvalue weighted by Crippen LogP contribution is 2.53. The van der Waals surface area contributed by atoms with E-state index < -0.39 is 19.2 Å². The number of nitrogens with zero attached hydrogens (tertiary/aromatic N) is 4. The zero-order valence-electron chi connectivity index (χ0n) is 24.6. The third-order valence-electron chi connectivity index (χ3n) is 7.26. The smallest absolute Gasteiger partial charge is 0.356 e. The Morgan fingerprint density at radius 2 is 1.95 bits per heavy atom. The summed E-state index contributed by atoms with van der Waals surface area (Å²) in [5, 5.41) is 13.0. The maximum absolute atomic E-state index is 13.6. The molecule has 0 bridgehead atoms. The molecule has 0 N–H and O–H groups in total. The summed E-state index contributed by atoms with van der Waals surface area (Å²) in [4.78, 5) is 44.8. The maximum atomic E-state index is 13.6. The molecule has 4 heterocycles. The Hall–Kier alpha value is -2.66. The van der Waals surface area contributed by atoms with Crippen molar-refractivity contribution in [3.63, 3.8) is 0 Å². The molecule has 4 atom stereocenters. The third-order valence-corrected chi connectivity index (χ3v) is 10.6. The number of benzene rings is 1. The second kappa shape index (κ2) is 13.1. The summed E-state index contributed by atoms with van der Waals surface area (Å²) in [6.45, 7) is 10.2. The van der Waals surface area contributed by atoms with Crippen LogP contribution in [0.25, 0.3) is 11.3 Å². The number of carbonyl (C=O) groups excluding carboxylic acids is 2. The number of nitro groups is 1. The summed E-state index contributed by atoms with van der Waals surface area (Å²) in [6.07, 6.45) is 3.67. The number of fused-ring (bicyclic) bond motifs is 1. The monoisotopic (exact) mass is 752 g/mol. The fourth-order valence-corrected chi connectivity index (χ4v) is 8.82. The van der Waals surface area contributed by atoms with E-state index in [0.29, 0.717) is 5.56 Å². The van der Waals surface area contributed by atoms with Crippen molar-refractivity contribution in [3.8, 4) is 11.3 Å². The molecule has 43 heavy (non-hydrogen) atoms. The van der Waals surface area contributed by atoms with E-state index in [2.05, 4.69) is 19.6 Å². The average molecular weight is 753 g/mol. The molecule has 1 saturated heterocycles. The van der Waals surface area contributed by atoms with Gasteiger partial charge in [-0.25, -0.2) is 14.3 Å². The molecule has 0 spiro atoms. The molecular formula is C29H33IN4O6S2Si. The molecule has 0 saturated carbocycles. The molecule has 3 aromatic rings. The van der Waals surface area contributed by atoms with Crippen molar-refractivity contribution in [2.24, 2.45) is 18.9 Å². The maximum Gasteiger partial charge on any atom is 0.356 e. The lowest BCUT2D eigenvalue weighted by Crippen LogP contribution is -3.00. The van der Waals surface area contributed by atoms with E-state index >= 15 is 0 Å². The lowest BCUT2D eigenvalue weighted by molar-refractivity contribution is -0.671. The Morgan fingerprint density at radius 1 is 1.26 bits per heavy atom. The number of rotatable bonds is 10. The minimum Gasteiger partial charge on any atom is -1.00 e. The van der Waals surface area contributed by atoms with Crippen LogP contribution < -0.4 is 28.5 Å². The lowest BCUT2D eigenvalue weighted by atomic mass is 9.79. The van der Waals surface area contributed by atoms with Crippen LogP contribution >= 0.6 is 23.1 Å². The van der Waals surface area contributed by atoms with Gasteiger partial charge in [0.2, 0.25) is 5.91 Å². The second-order valence-corrected chi connectivity index (χ2v) is 18.1. The molecule has 1 fully saturated rings. The molecule has 228 valence electrons. The first-order chi connectivity index (χ1) is 19.8. The van der Waals surface area contributed by atoms with Crippen LogP contribution in [0.1, 0.15) is 19.4 Å². The Morgan fingerprint density at radius 3 is 2.58 bits per heavy atom. The van der Waals surface area contributed by atoms with E-state index in [1.807, 2.05) is 55.4 Å². The molecule has 14 heteroatoms. The van der Waals surface area contributed by atoms with Gasteiger partial charge in [0.15, 0.2) is 25.1 Å². The molecule has 0 radical (unpaired) electrons. The number of thioether (sulfide) groups is 1. The van der Waals surface area contributed by atoms with Crippen LogP contribution in [-0.4, -0.2) is 47.1 Å². The minimum atomic E-state index is -1.91. The quantitative estimate of drug-likeness (QED) is 0.0590. The van der Waals surface area contributed by atoms with Gasteiger partial charge in [0, 0.05) is 34.4 Å². The largest absolute Gasteiger partial charge is 1.00 e. The summed E-state index contributed by atoms with van der Waals surface area (Å²) < 4.78 is 14.7. The SMILES string of the molecule is CC(O[Si](C)(C)C)[C@H]1C(=O)N2C(C(=O)OCc3ccc([N+](=O)[O-])cc3)=C(Sc3nc(-c4ccc[n+](C)c4)cs3)[C@H](C)[C@H]12.[I-]. The number of β-lactam (4-membered cyclic amide) rings is 1. The van der Waals surface area contributed by atoms with Crippen LogP contribution in [-0.2, 0) is 32.4 Å². The van der Waals surface area contributed by atoms with Gasteiger partial charge in [0.25, 0.3) is 5.69 Å². The summed E-state index contributed by atoms with van der Waals surface area (Å²) in [5.74, 6) is -1.25. The number of hydrogen-bond acceptors (Lipinski definition) is 9. The summed E-state index contributed by atoms with van der Waals surface area (Å²) in [5.41, 5.74) is 2.62. The molecule has 5 rings (SSSR count). The molecule has 1 aromatic carbocycles. The Bertz CT molecular complexity index is 1580. The van der Waals surface area contributed by atoms with Crippen molar-refractivity contribution in [2.45, 2.75) is 56.6 Å². The predicted molar refractivity (Wildman–Crippen MR) is 162 cm³/mol. The van der Waals surface area contributed by atoms with Crippen molar-refractivity contribution >= 4 is 49.0 Å². The van der Waals surface area contributed by atoms with Gasteiger partial charge in [0.05, 0.1) is 34.2 Å². The zero-order valence-corrected chi connectivity index (χ0v) is 29.4. The molecular weight excluding hydrogens is 719 g/mol. The van der Waals surface area contributed by atoms with Gasteiger partial charge in [-0.2, -0.15) is 0 Å². The van der Waals surface area contributed by atoms with E-state index in [4.69, 9.17) is 14.1 Å². The number of ether oxygens (including phenoxy) is 1. The summed E-state index contributed by atoms with van der Waals surface area (Å²) >= 11 is 2.88. The molecule has 2 aromatic heterocycles.